The van der Waals surface area contributed by atoms with Gasteiger partial charge in [0.05, 0.1) is 17.1 Å². The predicted octanol–water partition coefficient (Wildman–Crippen LogP) is 3.50. The number of amides is 3. The molecule has 0 aliphatic carbocycles. The number of nitrogens with one attached hydrogen (secondary N) is 2. The van der Waals surface area contributed by atoms with Gasteiger partial charge in [0.25, 0.3) is 0 Å². The number of nitrogens with two attached hydrogens (primary N) is 1. The zero-order valence-corrected chi connectivity index (χ0v) is 19.0. The average Bonchev–Trinajstić information content (AvgIpc) is 3.08. The summed E-state index contributed by atoms with van der Waals surface area (Å²) in [5.74, 6) is -0.953. The number of imide groups is 1. The summed E-state index contributed by atoms with van der Waals surface area (Å²) in [5, 5.41) is 10.8. The van der Waals surface area contributed by atoms with Crippen LogP contribution in [0.15, 0.2) is 18.2 Å². The van der Waals surface area contributed by atoms with Crippen molar-refractivity contribution in [1.29, 1.82) is 0 Å². The minimum atomic E-state index is -0.433. The van der Waals surface area contributed by atoms with E-state index >= 15 is 0 Å². The standard InChI is InChI=1S/C24H35N5O3/c1-29-20-16-17(26-21(30)10-8-6-4-2-3-5-7-9-15-25)11-12-18(20)23(28-29)19-13-14-22(31)27-24(19)32/h11-12,16,19H,2-10,13-15,25H2,1H3,(H,26,30)(H,27,31,32). The van der Waals surface area contributed by atoms with Crippen LogP contribution in [0.2, 0.25) is 0 Å². The van der Waals surface area contributed by atoms with Crippen LogP contribution in [0, 0.1) is 0 Å². The first-order valence-electron chi connectivity index (χ1n) is 11.8. The number of carbonyl (C=O) groups excluding carboxylic acids is 3. The molecule has 1 saturated heterocycles. The summed E-state index contributed by atoms with van der Waals surface area (Å²) in [6.45, 7) is 0.781. The molecule has 8 nitrogen and oxygen atoms in total. The molecule has 1 atom stereocenters. The van der Waals surface area contributed by atoms with Gasteiger partial charge in [-0.2, -0.15) is 5.10 Å². The highest BCUT2D eigenvalue weighted by Gasteiger charge is 2.31. The molecule has 1 aromatic heterocycles. The van der Waals surface area contributed by atoms with Crippen molar-refractivity contribution in [3.63, 3.8) is 0 Å². The monoisotopic (exact) mass is 441 g/mol. The highest BCUT2D eigenvalue weighted by atomic mass is 16.2. The second-order valence-electron chi connectivity index (χ2n) is 8.66. The summed E-state index contributed by atoms with van der Waals surface area (Å²) in [6.07, 6.45) is 10.5. The van der Waals surface area contributed by atoms with Crippen LogP contribution in [0.25, 0.3) is 10.9 Å². The maximum Gasteiger partial charge on any atom is 0.235 e. The lowest BCUT2D eigenvalue weighted by Crippen LogP contribution is -2.39. The second-order valence-corrected chi connectivity index (χ2v) is 8.66. The summed E-state index contributed by atoms with van der Waals surface area (Å²) < 4.78 is 1.72. The molecular weight excluding hydrogens is 406 g/mol. The Morgan fingerprint density at radius 3 is 2.50 bits per heavy atom. The van der Waals surface area contributed by atoms with E-state index in [4.69, 9.17) is 5.73 Å². The van der Waals surface area contributed by atoms with Crippen LogP contribution in [0.5, 0.6) is 0 Å². The van der Waals surface area contributed by atoms with Crippen molar-refractivity contribution in [3.05, 3.63) is 23.9 Å². The number of unbranched alkanes of at least 4 members (excludes halogenated alkanes) is 7. The van der Waals surface area contributed by atoms with Gasteiger partial charge in [0.15, 0.2) is 0 Å². The molecule has 32 heavy (non-hydrogen) atoms. The smallest absolute Gasteiger partial charge is 0.235 e. The van der Waals surface area contributed by atoms with Gasteiger partial charge in [-0.15, -0.1) is 0 Å². The van der Waals surface area contributed by atoms with E-state index in [1.807, 2.05) is 25.2 Å². The van der Waals surface area contributed by atoms with Crippen LogP contribution in [-0.4, -0.2) is 34.0 Å². The van der Waals surface area contributed by atoms with E-state index in [0.717, 1.165) is 42.4 Å². The fraction of sp³-hybridized carbons (Fsp3) is 0.583. The SMILES string of the molecule is Cn1nc(C2CCC(=O)NC2=O)c2ccc(NC(=O)CCCCCCCCCCN)cc21. The predicted molar refractivity (Wildman–Crippen MR) is 125 cm³/mol. The Labute approximate surface area is 189 Å². The molecule has 4 N–H and O–H groups in total. The van der Waals surface area contributed by atoms with Gasteiger partial charge in [0.2, 0.25) is 17.7 Å². The van der Waals surface area contributed by atoms with E-state index in [1.165, 1.54) is 32.1 Å². The molecule has 0 saturated carbocycles. The molecular formula is C24H35N5O3. The molecule has 2 heterocycles. The van der Waals surface area contributed by atoms with Crippen molar-refractivity contribution in [2.24, 2.45) is 12.8 Å². The van der Waals surface area contributed by atoms with Gasteiger partial charge in [-0.05, 0) is 44.0 Å². The van der Waals surface area contributed by atoms with Crippen molar-refractivity contribution in [2.45, 2.75) is 76.5 Å². The van der Waals surface area contributed by atoms with E-state index < -0.39 is 5.92 Å². The van der Waals surface area contributed by atoms with Crippen molar-refractivity contribution in [2.75, 3.05) is 11.9 Å². The van der Waals surface area contributed by atoms with Gasteiger partial charge in [0, 0.05) is 31.0 Å². The van der Waals surface area contributed by atoms with E-state index in [2.05, 4.69) is 15.7 Å². The van der Waals surface area contributed by atoms with Crippen LogP contribution in [0.4, 0.5) is 5.69 Å². The van der Waals surface area contributed by atoms with Crippen LogP contribution >= 0.6 is 0 Å². The fourth-order valence-electron chi connectivity index (χ4n) is 4.29. The zero-order chi connectivity index (χ0) is 22.9. The molecule has 0 bridgehead atoms. The molecule has 1 fully saturated rings. The topological polar surface area (TPSA) is 119 Å². The summed E-state index contributed by atoms with van der Waals surface area (Å²) in [6, 6.07) is 5.62. The Bertz CT molecular complexity index is 953. The Morgan fingerprint density at radius 1 is 1.12 bits per heavy atom. The van der Waals surface area contributed by atoms with Gasteiger partial charge in [-0.3, -0.25) is 24.4 Å². The Hall–Kier alpha value is -2.74. The summed E-state index contributed by atoms with van der Waals surface area (Å²) in [7, 11) is 1.82. The number of nitrogens with zero attached hydrogens (tertiary/aromatic N) is 2. The molecule has 2 aromatic rings. The van der Waals surface area contributed by atoms with Gasteiger partial charge in [0.1, 0.15) is 0 Å². The zero-order valence-electron chi connectivity index (χ0n) is 19.0. The number of benzene rings is 1. The van der Waals surface area contributed by atoms with Crippen molar-refractivity contribution in [1.82, 2.24) is 15.1 Å². The minimum Gasteiger partial charge on any atom is -0.330 e. The lowest BCUT2D eigenvalue weighted by molar-refractivity contribution is -0.134. The number of piperidine rings is 1. The summed E-state index contributed by atoms with van der Waals surface area (Å²) >= 11 is 0. The van der Waals surface area contributed by atoms with Crippen LogP contribution < -0.4 is 16.4 Å². The van der Waals surface area contributed by atoms with Gasteiger partial charge >= 0.3 is 0 Å². The highest BCUT2D eigenvalue weighted by molar-refractivity contribution is 6.03. The third-order valence-corrected chi connectivity index (χ3v) is 6.09. The maximum absolute atomic E-state index is 12.3. The van der Waals surface area contributed by atoms with Crippen LogP contribution in [-0.2, 0) is 21.4 Å². The fourth-order valence-corrected chi connectivity index (χ4v) is 4.29. The number of anilines is 1. The molecule has 0 radical (unpaired) electrons. The molecule has 174 valence electrons. The van der Waals surface area contributed by atoms with Gasteiger partial charge in [-0.1, -0.05) is 38.5 Å². The lowest BCUT2D eigenvalue weighted by atomic mass is 9.93. The van der Waals surface area contributed by atoms with Crippen molar-refractivity contribution in [3.8, 4) is 0 Å². The highest BCUT2D eigenvalue weighted by Crippen LogP contribution is 2.31. The van der Waals surface area contributed by atoms with Gasteiger partial charge in [-0.25, -0.2) is 0 Å². The first-order valence-corrected chi connectivity index (χ1v) is 11.8. The molecule has 1 aromatic carbocycles. The van der Waals surface area contributed by atoms with Crippen molar-refractivity contribution >= 4 is 34.3 Å². The molecule has 1 aliphatic heterocycles. The Balaban J connectivity index is 1.48. The minimum absolute atomic E-state index is 0.0138. The number of rotatable bonds is 12. The van der Waals surface area contributed by atoms with E-state index in [9.17, 15) is 14.4 Å². The number of hydrogen-bond acceptors (Lipinski definition) is 5. The lowest BCUT2D eigenvalue weighted by Gasteiger charge is -2.19. The molecule has 0 spiro atoms. The third kappa shape index (κ3) is 6.38. The maximum atomic E-state index is 12.3. The second kappa shape index (κ2) is 11.8. The number of carbonyl (C=O) groups is 3. The molecule has 1 unspecified atom stereocenters. The number of aryl methyl sites for hydroxylation is 1. The largest absolute Gasteiger partial charge is 0.330 e. The number of fused-ring (bicyclic) bond motifs is 1. The van der Waals surface area contributed by atoms with Crippen molar-refractivity contribution < 1.29 is 14.4 Å². The summed E-state index contributed by atoms with van der Waals surface area (Å²) in [4.78, 5) is 36.0. The first kappa shape index (κ1) is 23.9. The van der Waals surface area contributed by atoms with E-state index in [0.29, 0.717) is 25.0 Å². The average molecular weight is 442 g/mol. The van der Waals surface area contributed by atoms with E-state index in [-0.39, 0.29) is 17.7 Å². The molecule has 3 rings (SSSR count). The Morgan fingerprint density at radius 2 is 1.81 bits per heavy atom. The van der Waals surface area contributed by atoms with Crippen LogP contribution in [0.3, 0.4) is 0 Å². The first-order chi connectivity index (χ1) is 15.5. The van der Waals surface area contributed by atoms with Gasteiger partial charge < -0.3 is 11.1 Å². The Kier molecular flexibility index (Phi) is 8.79. The number of hydrogen-bond donors (Lipinski definition) is 3. The number of aromatic nitrogens is 2. The summed E-state index contributed by atoms with van der Waals surface area (Å²) in [5.41, 5.74) is 7.74. The molecule has 3 amide bonds. The molecule has 8 heteroatoms. The van der Waals surface area contributed by atoms with E-state index in [1.54, 1.807) is 4.68 Å². The normalized spacial score (nSPS) is 16.4. The van der Waals surface area contributed by atoms with Crippen LogP contribution in [0.1, 0.15) is 82.2 Å². The molecule has 1 aliphatic rings. The third-order valence-electron chi connectivity index (χ3n) is 6.09. The quantitative estimate of drug-likeness (QED) is 0.344.